The topological polar surface area (TPSA) is 83.2 Å². The van der Waals surface area contributed by atoms with Gasteiger partial charge in [-0.25, -0.2) is 9.98 Å². The number of aliphatic imine (C=N–C) groups is 2. The van der Waals surface area contributed by atoms with Gasteiger partial charge in [-0.3, -0.25) is 9.89 Å². The van der Waals surface area contributed by atoms with Crippen molar-refractivity contribution in [2.75, 3.05) is 25.7 Å². The molecule has 0 saturated heterocycles. The molecule has 0 aromatic carbocycles. The summed E-state index contributed by atoms with van der Waals surface area (Å²) in [5.74, 6) is 1.17. The number of aromatic nitrogens is 1. The summed E-state index contributed by atoms with van der Waals surface area (Å²) in [7, 11) is 4.07. The van der Waals surface area contributed by atoms with Crippen molar-refractivity contribution in [3.05, 3.63) is 48.0 Å². The summed E-state index contributed by atoms with van der Waals surface area (Å²) >= 11 is 4.54. The molecule has 0 unspecified atom stereocenters. The van der Waals surface area contributed by atoms with Crippen LogP contribution in [0.25, 0.3) is 0 Å². The van der Waals surface area contributed by atoms with E-state index in [-0.39, 0.29) is 6.04 Å². The van der Waals surface area contributed by atoms with Crippen molar-refractivity contribution in [2.45, 2.75) is 52.6 Å². The molecule has 1 aromatic rings. The minimum absolute atomic E-state index is 0.251. The molecule has 1 fully saturated rings. The van der Waals surface area contributed by atoms with E-state index >= 15 is 0 Å². The van der Waals surface area contributed by atoms with Gasteiger partial charge in [0.15, 0.2) is 5.82 Å². The SMILES string of the molecule is C=Nc1cnc(N=C(/C=C\C)NC(=C/C)/C(C=N)=C/N(S)C2CC2)cc1N(CN(C)C)C(C)C. The highest BCUT2D eigenvalue weighted by molar-refractivity contribution is 7.77. The van der Waals surface area contributed by atoms with Crippen LogP contribution in [0.5, 0.6) is 0 Å². The molecular formula is C25H38N8S. The zero-order chi connectivity index (χ0) is 25.3. The fraction of sp³-hybridized carbons (Fsp3) is 0.440. The zero-order valence-electron chi connectivity index (χ0n) is 21.2. The lowest BCUT2D eigenvalue weighted by atomic mass is 10.2. The first-order valence-corrected chi connectivity index (χ1v) is 11.9. The molecule has 34 heavy (non-hydrogen) atoms. The maximum atomic E-state index is 7.90. The minimum atomic E-state index is 0.251. The van der Waals surface area contributed by atoms with Gasteiger partial charge in [0.05, 0.1) is 18.6 Å². The third kappa shape index (κ3) is 7.85. The Bertz CT molecular complexity index is 973. The lowest BCUT2D eigenvalue weighted by Gasteiger charge is -2.32. The standard InChI is InChI=1S/C25H38N8S/c1-8-10-24(29-21(9-2)19(14-26)16-33(34)20-11-12-20)30-25-13-23(22(27-5)15-28-25)32(18(3)4)17-31(6)7/h8-10,13-16,18,20,26,34H,5,11-12,17H2,1-4,6-7H3,(H,28,29,30)/b10-8-,19-16+,21-9+,26-14?. The second-order valence-electron chi connectivity index (χ2n) is 8.64. The number of hydrogen-bond acceptors (Lipinski definition) is 8. The van der Waals surface area contributed by atoms with Gasteiger partial charge in [-0.1, -0.05) is 25.0 Å². The van der Waals surface area contributed by atoms with Crippen LogP contribution in [0, 0.1) is 5.41 Å². The number of amidine groups is 1. The lowest BCUT2D eigenvalue weighted by molar-refractivity contribution is 0.389. The van der Waals surface area contributed by atoms with Gasteiger partial charge in [-0.2, -0.15) is 0 Å². The number of allylic oxidation sites excluding steroid dienone is 3. The molecule has 0 atom stereocenters. The van der Waals surface area contributed by atoms with Crippen molar-refractivity contribution in [1.29, 1.82) is 5.41 Å². The number of nitrogens with one attached hydrogen (secondary N) is 2. The molecule has 0 amide bonds. The molecule has 1 aliphatic rings. The van der Waals surface area contributed by atoms with Gasteiger partial charge in [0.25, 0.3) is 0 Å². The Morgan fingerprint density at radius 3 is 2.56 bits per heavy atom. The predicted molar refractivity (Wildman–Crippen MR) is 149 cm³/mol. The lowest BCUT2D eigenvalue weighted by Crippen LogP contribution is -2.38. The molecule has 1 heterocycles. The van der Waals surface area contributed by atoms with Crippen molar-refractivity contribution < 1.29 is 0 Å². The average molecular weight is 483 g/mol. The summed E-state index contributed by atoms with van der Waals surface area (Å²) in [5, 5.41) is 11.2. The largest absolute Gasteiger partial charge is 0.354 e. The van der Waals surface area contributed by atoms with E-state index in [0.717, 1.165) is 36.5 Å². The van der Waals surface area contributed by atoms with Gasteiger partial charge in [0.1, 0.15) is 11.5 Å². The summed E-state index contributed by atoms with van der Waals surface area (Å²) in [4.78, 5) is 17.8. The van der Waals surface area contributed by atoms with Crippen LogP contribution in [0.2, 0.25) is 0 Å². The van der Waals surface area contributed by atoms with Crippen LogP contribution in [-0.2, 0) is 0 Å². The number of rotatable bonds is 12. The fourth-order valence-corrected chi connectivity index (χ4v) is 3.63. The van der Waals surface area contributed by atoms with Crippen LogP contribution >= 0.6 is 12.8 Å². The highest BCUT2D eigenvalue weighted by atomic mass is 32.1. The molecule has 0 spiro atoms. The summed E-state index contributed by atoms with van der Waals surface area (Å²) in [6.07, 6.45) is 12.9. The van der Waals surface area contributed by atoms with Gasteiger partial charge in [-0.05, 0) is 67.4 Å². The number of thiol groups is 1. The molecule has 2 N–H and O–H groups in total. The first-order chi connectivity index (χ1) is 16.2. The molecule has 1 aliphatic carbocycles. The number of nitrogens with zero attached hydrogens (tertiary/aromatic N) is 6. The molecule has 0 aliphatic heterocycles. The minimum Gasteiger partial charge on any atom is -0.354 e. The second-order valence-corrected chi connectivity index (χ2v) is 9.10. The van der Waals surface area contributed by atoms with Gasteiger partial charge in [-0.15, -0.1) is 0 Å². The van der Waals surface area contributed by atoms with E-state index in [1.165, 1.54) is 6.21 Å². The molecule has 184 valence electrons. The molecule has 0 radical (unpaired) electrons. The fourth-order valence-electron chi connectivity index (χ4n) is 3.27. The molecular weight excluding hydrogens is 444 g/mol. The van der Waals surface area contributed by atoms with Crippen molar-refractivity contribution in [3.8, 4) is 0 Å². The van der Waals surface area contributed by atoms with E-state index in [0.29, 0.717) is 23.4 Å². The summed E-state index contributed by atoms with van der Waals surface area (Å²) in [6, 6.07) is 2.62. The molecule has 9 heteroatoms. The Morgan fingerprint density at radius 2 is 2.06 bits per heavy atom. The van der Waals surface area contributed by atoms with Crippen molar-refractivity contribution in [2.24, 2.45) is 9.98 Å². The first kappa shape index (κ1) is 27.3. The number of hydrogen-bond donors (Lipinski definition) is 3. The Morgan fingerprint density at radius 1 is 1.35 bits per heavy atom. The Labute approximate surface area is 209 Å². The van der Waals surface area contributed by atoms with Gasteiger partial charge in [0.2, 0.25) is 0 Å². The summed E-state index contributed by atoms with van der Waals surface area (Å²) in [5.41, 5.74) is 3.13. The normalized spacial score (nSPS) is 15.3. The van der Waals surface area contributed by atoms with Gasteiger partial charge < -0.3 is 19.9 Å². The Kier molecular flexibility index (Phi) is 10.5. The Hall–Kier alpha value is -2.91. The quantitative estimate of drug-likeness (QED) is 0.127. The van der Waals surface area contributed by atoms with Crippen LogP contribution < -0.4 is 10.2 Å². The van der Waals surface area contributed by atoms with Crippen LogP contribution in [0.1, 0.15) is 40.5 Å². The van der Waals surface area contributed by atoms with Crippen LogP contribution in [0.4, 0.5) is 17.2 Å². The van der Waals surface area contributed by atoms with Gasteiger partial charge in [0, 0.05) is 41.8 Å². The monoisotopic (exact) mass is 482 g/mol. The average Bonchev–Trinajstić information content (AvgIpc) is 3.65. The van der Waals surface area contributed by atoms with Crippen LogP contribution in [0.3, 0.4) is 0 Å². The molecule has 8 nitrogen and oxygen atoms in total. The maximum absolute atomic E-state index is 7.90. The molecule has 0 bridgehead atoms. The van der Waals surface area contributed by atoms with E-state index in [9.17, 15) is 0 Å². The number of pyridine rings is 1. The van der Waals surface area contributed by atoms with E-state index in [4.69, 9.17) is 10.4 Å². The molecule has 1 aromatic heterocycles. The number of anilines is 1. The summed E-state index contributed by atoms with van der Waals surface area (Å²) in [6.45, 7) is 12.6. The van der Waals surface area contributed by atoms with Gasteiger partial charge >= 0.3 is 0 Å². The third-order valence-corrected chi connectivity index (χ3v) is 5.60. The van der Waals surface area contributed by atoms with E-state index in [2.05, 4.69) is 58.5 Å². The van der Waals surface area contributed by atoms with Crippen LogP contribution in [-0.4, -0.2) is 65.8 Å². The molecule has 1 saturated carbocycles. The smallest absolute Gasteiger partial charge is 0.156 e. The molecule has 2 rings (SSSR count). The van der Waals surface area contributed by atoms with Crippen molar-refractivity contribution in [3.63, 3.8) is 0 Å². The first-order valence-electron chi connectivity index (χ1n) is 11.5. The Balaban J connectivity index is 2.42. The highest BCUT2D eigenvalue weighted by Gasteiger charge is 2.25. The van der Waals surface area contributed by atoms with Crippen molar-refractivity contribution in [1.82, 2.24) is 19.5 Å². The van der Waals surface area contributed by atoms with Crippen molar-refractivity contribution >= 4 is 48.8 Å². The van der Waals surface area contributed by atoms with E-state index in [1.807, 2.05) is 62.7 Å². The summed E-state index contributed by atoms with van der Waals surface area (Å²) < 4.78 is 1.87. The highest BCUT2D eigenvalue weighted by Crippen LogP contribution is 2.32. The third-order valence-electron chi connectivity index (χ3n) is 5.16. The van der Waals surface area contributed by atoms with E-state index < -0.39 is 0 Å². The predicted octanol–water partition coefficient (Wildman–Crippen LogP) is 5.09. The van der Waals surface area contributed by atoms with E-state index in [1.54, 1.807) is 6.20 Å². The maximum Gasteiger partial charge on any atom is 0.156 e. The van der Waals surface area contributed by atoms with Crippen LogP contribution in [0.15, 0.2) is 57.9 Å². The second kappa shape index (κ2) is 13.1. The zero-order valence-corrected chi connectivity index (χ0v) is 22.0.